The van der Waals surface area contributed by atoms with Crippen LogP contribution in [-0.4, -0.2) is 18.4 Å². The zero-order valence-electron chi connectivity index (χ0n) is 12.1. The van der Waals surface area contributed by atoms with E-state index in [1.54, 1.807) is 6.07 Å². The van der Waals surface area contributed by atoms with Gasteiger partial charge >= 0.3 is 11.8 Å². The largest absolute Gasteiger partial charge is 0.318 e. The topological polar surface area (TPSA) is 49.4 Å². The van der Waals surface area contributed by atoms with E-state index in [1.807, 2.05) is 43.3 Å². The van der Waals surface area contributed by atoms with Crippen LogP contribution in [0.15, 0.2) is 46.9 Å². The number of carbonyl (C=O) groups excluding carboxylic acids is 2. The highest BCUT2D eigenvalue weighted by Crippen LogP contribution is 2.27. The second-order valence-electron chi connectivity index (χ2n) is 5.25. The molecule has 2 amide bonds. The van der Waals surface area contributed by atoms with E-state index in [0.29, 0.717) is 12.2 Å². The van der Waals surface area contributed by atoms with E-state index in [9.17, 15) is 9.59 Å². The Labute approximate surface area is 137 Å². The van der Waals surface area contributed by atoms with Gasteiger partial charge in [-0.15, -0.1) is 0 Å². The fourth-order valence-corrected chi connectivity index (χ4v) is 2.83. The molecular weight excluding hydrogens is 344 g/mol. The Kier molecular flexibility index (Phi) is 3.98. The van der Waals surface area contributed by atoms with Crippen molar-refractivity contribution in [1.82, 2.24) is 0 Å². The average molecular weight is 359 g/mol. The van der Waals surface area contributed by atoms with Gasteiger partial charge in [-0.05, 0) is 48.7 Å². The summed E-state index contributed by atoms with van der Waals surface area (Å²) in [6.07, 6.45) is 0.784. The third kappa shape index (κ3) is 2.76. The first kappa shape index (κ1) is 14.8. The minimum absolute atomic E-state index is 0.523. The minimum Gasteiger partial charge on any atom is -0.318 e. The lowest BCUT2D eigenvalue weighted by Gasteiger charge is -2.16. The molecule has 0 unspecified atom stereocenters. The summed E-state index contributed by atoms with van der Waals surface area (Å²) in [6, 6.07) is 13.1. The van der Waals surface area contributed by atoms with Crippen molar-refractivity contribution >= 4 is 39.1 Å². The van der Waals surface area contributed by atoms with Crippen LogP contribution in [0.1, 0.15) is 11.1 Å². The van der Waals surface area contributed by atoms with E-state index in [0.717, 1.165) is 27.7 Å². The Bertz CT molecular complexity index is 758. The molecule has 1 heterocycles. The quantitative estimate of drug-likeness (QED) is 0.795. The lowest BCUT2D eigenvalue weighted by atomic mass is 10.2. The third-order valence-corrected chi connectivity index (χ3v) is 4.63. The smallest absolute Gasteiger partial charge is 0.316 e. The van der Waals surface area contributed by atoms with Crippen molar-refractivity contribution in [3.05, 3.63) is 58.1 Å². The molecule has 0 radical (unpaired) electrons. The van der Waals surface area contributed by atoms with Crippen LogP contribution in [0.25, 0.3) is 0 Å². The molecule has 0 atom stereocenters. The molecule has 0 bridgehead atoms. The highest BCUT2D eigenvalue weighted by molar-refractivity contribution is 9.10. The normalized spacial score (nSPS) is 12.9. The van der Waals surface area contributed by atoms with E-state index >= 15 is 0 Å². The van der Waals surface area contributed by atoms with E-state index in [2.05, 4.69) is 21.2 Å². The van der Waals surface area contributed by atoms with E-state index in [-0.39, 0.29) is 0 Å². The number of benzene rings is 2. The molecule has 2 aromatic carbocycles. The lowest BCUT2D eigenvalue weighted by molar-refractivity contribution is -0.134. The summed E-state index contributed by atoms with van der Waals surface area (Å²) in [5, 5.41) is 2.67. The van der Waals surface area contributed by atoms with Crippen molar-refractivity contribution in [2.75, 3.05) is 16.8 Å². The maximum absolute atomic E-state index is 12.4. The number of hydrogen-bond acceptors (Lipinski definition) is 2. The summed E-state index contributed by atoms with van der Waals surface area (Å²) in [5.74, 6) is -1.14. The monoisotopic (exact) mass is 358 g/mol. The molecule has 0 saturated carbocycles. The Balaban J connectivity index is 1.75. The first-order chi connectivity index (χ1) is 10.6. The van der Waals surface area contributed by atoms with Crippen molar-refractivity contribution in [2.24, 2.45) is 0 Å². The van der Waals surface area contributed by atoms with Crippen LogP contribution in [0.3, 0.4) is 0 Å². The van der Waals surface area contributed by atoms with Crippen LogP contribution in [0.4, 0.5) is 11.4 Å². The van der Waals surface area contributed by atoms with Crippen LogP contribution in [0, 0.1) is 6.92 Å². The highest BCUT2D eigenvalue weighted by atomic mass is 79.9. The number of nitrogens with one attached hydrogen (secondary N) is 1. The zero-order chi connectivity index (χ0) is 15.7. The van der Waals surface area contributed by atoms with Crippen LogP contribution < -0.4 is 10.2 Å². The van der Waals surface area contributed by atoms with Crippen LogP contribution in [0.2, 0.25) is 0 Å². The number of amides is 2. The van der Waals surface area contributed by atoms with Gasteiger partial charge < -0.3 is 10.2 Å². The van der Waals surface area contributed by atoms with Gasteiger partial charge in [0.15, 0.2) is 0 Å². The molecule has 112 valence electrons. The molecule has 0 spiro atoms. The van der Waals surface area contributed by atoms with Gasteiger partial charge in [0.1, 0.15) is 0 Å². The molecule has 0 aromatic heterocycles. The Morgan fingerprint density at radius 2 is 1.95 bits per heavy atom. The zero-order valence-corrected chi connectivity index (χ0v) is 13.7. The van der Waals surface area contributed by atoms with Gasteiger partial charge in [-0.25, -0.2) is 0 Å². The average Bonchev–Trinajstić information content (AvgIpc) is 2.94. The SMILES string of the molecule is Cc1cc(NC(=O)C(=O)N2CCc3ccccc32)ccc1Br. The second-order valence-corrected chi connectivity index (χ2v) is 6.11. The molecule has 0 fully saturated rings. The molecule has 3 rings (SSSR count). The molecule has 4 nitrogen and oxygen atoms in total. The third-order valence-electron chi connectivity index (χ3n) is 3.74. The van der Waals surface area contributed by atoms with E-state index in [1.165, 1.54) is 4.90 Å². The van der Waals surface area contributed by atoms with Crippen molar-refractivity contribution in [3.63, 3.8) is 0 Å². The number of rotatable bonds is 1. The fourth-order valence-electron chi connectivity index (χ4n) is 2.58. The number of hydrogen-bond donors (Lipinski definition) is 1. The summed E-state index contributed by atoms with van der Waals surface area (Å²) < 4.78 is 0.963. The lowest BCUT2D eigenvalue weighted by Crippen LogP contribution is -2.38. The fraction of sp³-hybridized carbons (Fsp3) is 0.176. The summed E-state index contributed by atoms with van der Waals surface area (Å²) >= 11 is 3.41. The Hall–Kier alpha value is -2.14. The van der Waals surface area contributed by atoms with Crippen LogP contribution in [-0.2, 0) is 16.0 Å². The van der Waals surface area contributed by atoms with Gasteiger partial charge in [0.2, 0.25) is 0 Å². The van der Waals surface area contributed by atoms with Crippen molar-refractivity contribution in [3.8, 4) is 0 Å². The van der Waals surface area contributed by atoms with Gasteiger partial charge in [0.25, 0.3) is 0 Å². The predicted octanol–water partition coefficient (Wildman–Crippen LogP) is 3.29. The van der Waals surface area contributed by atoms with Crippen molar-refractivity contribution in [2.45, 2.75) is 13.3 Å². The first-order valence-corrected chi connectivity index (χ1v) is 7.82. The molecule has 22 heavy (non-hydrogen) atoms. The molecule has 5 heteroatoms. The first-order valence-electron chi connectivity index (χ1n) is 7.03. The Morgan fingerprint density at radius 1 is 1.18 bits per heavy atom. The maximum Gasteiger partial charge on any atom is 0.316 e. The van der Waals surface area contributed by atoms with Gasteiger partial charge in [0.05, 0.1) is 0 Å². The van der Waals surface area contributed by atoms with Crippen molar-refractivity contribution in [1.29, 1.82) is 0 Å². The number of nitrogens with zero attached hydrogens (tertiary/aromatic N) is 1. The standard InChI is InChI=1S/C17H15BrN2O2/c1-11-10-13(6-7-14(11)18)19-16(21)17(22)20-9-8-12-4-2-3-5-15(12)20/h2-7,10H,8-9H2,1H3,(H,19,21). The minimum atomic E-state index is -0.613. The second kappa shape index (κ2) is 5.93. The number of fused-ring (bicyclic) bond motifs is 1. The molecule has 1 N–H and O–H groups in total. The van der Waals surface area contributed by atoms with Crippen molar-refractivity contribution < 1.29 is 9.59 Å². The number of para-hydroxylation sites is 1. The Morgan fingerprint density at radius 3 is 2.73 bits per heavy atom. The molecule has 0 aliphatic carbocycles. The summed E-state index contributed by atoms with van der Waals surface area (Å²) in [7, 11) is 0. The molecule has 0 saturated heterocycles. The number of carbonyl (C=O) groups is 2. The van der Waals surface area contributed by atoms with E-state index in [4.69, 9.17) is 0 Å². The molecular formula is C17H15BrN2O2. The predicted molar refractivity (Wildman–Crippen MR) is 90.0 cm³/mol. The maximum atomic E-state index is 12.4. The van der Waals surface area contributed by atoms with E-state index < -0.39 is 11.8 Å². The van der Waals surface area contributed by atoms with Gasteiger partial charge in [0, 0.05) is 22.4 Å². The molecule has 2 aromatic rings. The summed E-state index contributed by atoms with van der Waals surface area (Å²) in [6.45, 7) is 2.48. The van der Waals surface area contributed by atoms with Crippen LogP contribution in [0.5, 0.6) is 0 Å². The van der Waals surface area contributed by atoms with Gasteiger partial charge in [-0.3, -0.25) is 9.59 Å². The number of anilines is 2. The van der Waals surface area contributed by atoms with Crippen LogP contribution >= 0.6 is 15.9 Å². The molecule has 1 aliphatic heterocycles. The summed E-state index contributed by atoms with van der Waals surface area (Å²) in [4.78, 5) is 26.1. The molecule has 1 aliphatic rings. The van der Waals surface area contributed by atoms with Gasteiger partial charge in [-0.2, -0.15) is 0 Å². The highest BCUT2D eigenvalue weighted by Gasteiger charge is 2.28. The number of aryl methyl sites for hydroxylation is 1. The number of halogens is 1. The summed E-state index contributed by atoms with van der Waals surface area (Å²) in [5.41, 5.74) is 3.54. The van der Waals surface area contributed by atoms with Gasteiger partial charge in [-0.1, -0.05) is 34.1 Å².